The molecule has 1 amide bonds. The first-order chi connectivity index (χ1) is 9.62. The zero-order chi connectivity index (χ0) is 13.8. The molecule has 3 fully saturated rings. The fourth-order valence-electron chi connectivity index (χ4n) is 3.75. The van der Waals surface area contributed by atoms with Crippen LogP contribution in [0.15, 0.2) is 17.5 Å². The Bertz CT molecular complexity index is 515. The number of hydrogen-bond donors (Lipinski definition) is 1. The number of nitrogens with one attached hydrogen (secondary N) is 1. The molecule has 3 aliphatic rings. The van der Waals surface area contributed by atoms with Crippen molar-refractivity contribution in [3.63, 3.8) is 0 Å². The highest BCUT2D eigenvalue weighted by atomic mass is 32.1. The van der Waals surface area contributed by atoms with Gasteiger partial charge in [-0.05, 0) is 42.5 Å². The molecule has 1 aliphatic heterocycles. The van der Waals surface area contributed by atoms with Gasteiger partial charge in [0.15, 0.2) is 0 Å². The topological polar surface area (TPSA) is 32.3 Å². The van der Waals surface area contributed by atoms with Crippen LogP contribution in [0.1, 0.15) is 56.5 Å². The lowest BCUT2D eigenvalue weighted by Gasteiger charge is -2.26. The molecule has 1 atom stereocenters. The molecule has 1 unspecified atom stereocenters. The van der Waals surface area contributed by atoms with Crippen LogP contribution < -0.4 is 5.32 Å². The van der Waals surface area contributed by atoms with E-state index < -0.39 is 0 Å². The summed E-state index contributed by atoms with van der Waals surface area (Å²) >= 11 is 1.76. The highest BCUT2D eigenvalue weighted by Crippen LogP contribution is 2.49. The van der Waals surface area contributed by atoms with Crippen LogP contribution in [0, 0.1) is 5.41 Å². The molecule has 3 nitrogen and oxygen atoms in total. The lowest BCUT2D eigenvalue weighted by molar-refractivity contribution is -0.134. The number of nitrogens with zero attached hydrogens (tertiary/aromatic N) is 1. The third kappa shape index (κ3) is 1.92. The SMILES string of the molecule is CC1(CN2C(=O)C3(CCCC3)NC2c2cccs2)CC1. The number of amides is 1. The molecule has 2 aliphatic carbocycles. The minimum absolute atomic E-state index is 0.109. The van der Waals surface area contributed by atoms with Crippen molar-refractivity contribution >= 4 is 17.2 Å². The summed E-state index contributed by atoms with van der Waals surface area (Å²) in [5, 5.41) is 5.82. The van der Waals surface area contributed by atoms with Crippen LogP contribution in [0.4, 0.5) is 0 Å². The Kier molecular flexibility index (Phi) is 2.77. The zero-order valence-electron chi connectivity index (χ0n) is 12.0. The summed E-state index contributed by atoms with van der Waals surface area (Å²) < 4.78 is 0. The van der Waals surface area contributed by atoms with Crippen molar-refractivity contribution < 1.29 is 4.79 Å². The molecule has 1 aromatic heterocycles. The quantitative estimate of drug-likeness (QED) is 0.926. The molecule has 0 radical (unpaired) electrons. The Hall–Kier alpha value is -0.870. The summed E-state index contributed by atoms with van der Waals surface area (Å²) in [4.78, 5) is 16.4. The molecular formula is C16H22N2OS. The first kappa shape index (κ1) is 12.8. The van der Waals surface area contributed by atoms with Gasteiger partial charge in [-0.15, -0.1) is 11.3 Å². The summed E-state index contributed by atoms with van der Waals surface area (Å²) in [7, 11) is 0. The van der Waals surface area contributed by atoms with Crippen molar-refractivity contribution in [1.82, 2.24) is 10.2 Å². The van der Waals surface area contributed by atoms with Crippen molar-refractivity contribution in [2.45, 2.75) is 57.2 Å². The Morgan fingerprint density at radius 2 is 2.10 bits per heavy atom. The Morgan fingerprint density at radius 1 is 1.35 bits per heavy atom. The fraction of sp³-hybridized carbons (Fsp3) is 0.688. The summed E-state index contributed by atoms with van der Waals surface area (Å²) in [6, 6.07) is 4.24. The van der Waals surface area contributed by atoms with Crippen LogP contribution >= 0.6 is 11.3 Å². The molecule has 108 valence electrons. The van der Waals surface area contributed by atoms with E-state index in [1.165, 1.54) is 30.6 Å². The van der Waals surface area contributed by atoms with E-state index in [1.54, 1.807) is 11.3 Å². The molecule has 0 bridgehead atoms. The molecule has 1 spiro atoms. The van der Waals surface area contributed by atoms with Crippen LogP contribution in [0.25, 0.3) is 0 Å². The second-order valence-electron chi connectivity index (χ2n) is 7.10. The zero-order valence-corrected chi connectivity index (χ0v) is 12.8. The number of carbonyl (C=O) groups excluding carboxylic acids is 1. The first-order valence-electron chi connectivity index (χ1n) is 7.74. The van der Waals surface area contributed by atoms with Crippen LogP contribution in [0.3, 0.4) is 0 Å². The molecule has 20 heavy (non-hydrogen) atoms. The van der Waals surface area contributed by atoms with Crippen molar-refractivity contribution in [2.75, 3.05) is 6.54 Å². The lowest BCUT2D eigenvalue weighted by atomic mass is 9.97. The van der Waals surface area contributed by atoms with Crippen molar-refractivity contribution in [1.29, 1.82) is 0 Å². The number of carbonyl (C=O) groups is 1. The van der Waals surface area contributed by atoms with Gasteiger partial charge in [-0.3, -0.25) is 10.1 Å². The predicted molar refractivity (Wildman–Crippen MR) is 80.4 cm³/mol. The van der Waals surface area contributed by atoms with Gasteiger partial charge in [0.1, 0.15) is 6.17 Å². The first-order valence-corrected chi connectivity index (χ1v) is 8.62. The van der Waals surface area contributed by atoms with Crippen LogP contribution in [0.5, 0.6) is 0 Å². The summed E-state index contributed by atoms with van der Waals surface area (Å²) in [5.41, 5.74) is 0.122. The summed E-state index contributed by atoms with van der Waals surface area (Å²) in [6.07, 6.45) is 7.03. The maximum atomic E-state index is 13.0. The molecule has 4 rings (SSSR count). The van der Waals surface area contributed by atoms with E-state index in [2.05, 4.69) is 34.7 Å². The van der Waals surface area contributed by atoms with E-state index in [0.29, 0.717) is 11.3 Å². The van der Waals surface area contributed by atoms with E-state index >= 15 is 0 Å². The number of rotatable bonds is 3. The smallest absolute Gasteiger partial charge is 0.244 e. The van der Waals surface area contributed by atoms with Gasteiger partial charge in [0.2, 0.25) is 5.91 Å². The predicted octanol–water partition coefficient (Wildman–Crippen LogP) is 3.29. The van der Waals surface area contributed by atoms with Gasteiger partial charge in [-0.25, -0.2) is 0 Å². The normalized spacial score (nSPS) is 30.4. The maximum absolute atomic E-state index is 13.0. The molecule has 4 heteroatoms. The molecule has 1 saturated heterocycles. The fourth-order valence-corrected chi connectivity index (χ4v) is 4.53. The average molecular weight is 290 g/mol. The number of thiophene rings is 1. The minimum atomic E-state index is -0.250. The maximum Gasteiger partial charge on any atom is 0.244 e. The van der Waals surface area contributed by atoms with Crippen molar-refractivity contribution in [3.05, 3.63) is 22.4 Å². The third-order valence-corrected chi connectivity index (χ3v) is 6.25. The summed E-state index contributed by atoms with van der Waals surface area (Å²) in [6.45, 7) is 3.23. The monoisotopic (exact) mass is 290 g/mol. The molecule has 1 aromatic rings. The van der Waals surface area contributed by atoms with Gasteiger partial charge >= 0.3 is 0 Å². The minimum Gasteiger partial charge on any atom is -0.320 e. The van der Waals surface area contributed by atoms with E-state index in [1.807, 2.05) is 0 Å². The van der Waals surface area contributed by atoms with Gasteiger partial charge in [0, 0.05) is 11.4 Å². The Balaban J connectivity index is 1.66. The highest BCUT2D eigenvalue weighted by Gasteiger charge is 2.55. The van der Waals surface area contributed by atoms with Crippen molar-refractivity contribution in [2.24, 2.45) is 5.41 Å². The second-order valence-corrected chi connectivity index (χ2v) is 8.07. The van der Waals surface area contributed by atoms with Gasteiger partial charge in [-0.1, -0.05) is 25.8 Å². The van der Waals surface area contributed by atoms with Gasteiger partial charge in [0.05, 0.1) is 5.54 Å². The van der Waals surface area contributed by atoms with E-state index in [-0.39, 0.29) is 11.7 Å². The number of hydrogen-bond acceptors (Lipinski definition) is 3. The Morgan fingerprint density at radius 3 is 2.70 bits per heavy atom. The van der Waals surface area contributed by atoms with Gasteiger partial charge in [-0.2, -0.15) is 0 Å². The van der Waals surface area contributed by atoms with E-state index in [4.69, 9.17) is 0 Å². The van der Waals surface area contributed by atoms with Crippen LogP contribution in [0.2, 0.25) is 0 Å². The highest BCUT2D eigenvalue weighted by molar-refractivity contribution is 7.10. The molecule has 1 N–H and O–H groups in total. The van der Waals surface area contributed by atoms with Crippen LogP contribution in [-0.2, 0) is 4.79 Å². The van der Waals surface area contributed by atoms with E-state index in [9.17, 15) is 4.79 Å². The van der Waals surface area contributed by atoms with Crippen LogP contribution in [-0.4, -0.2) is 22.9 Å². The third-order valence-electron chi connectivity index (χ3n) is 5.32. The molecule has 2 saturated carbocycles. The molecule has 2 heterocycles. The van der Waals surface area contributed by atoms with Crippen molar-refractivity contribution in [3.8, 4) is 0 Å². The largest absolute Gasteiger partial charge is 0.320 e. The lowest BCUT2D eigenvalue weighted by Crippen LogP contribution is -2.44. The van der Waals surface area contributed by atoms with E-state index in [0.717, 1.165) is 19.4 Å². The van der Waals surface area contributed by atoms with Gasteiger partial charge in [0.25, 0.3) is 0 Å². The standard InChI is InChI=1S/C16H22N2OS/c1-15(8-9-15)11-18-13(12-5-4-10-20-12)17-16(14(18)19)6-2-3-7-16/h4-5,10,13,17H,2-3,6-9,11H2,1H3. The molecular weight excluding hydrogens is 268 g/mol. The second kappa shape index (κ2) is 4.31. The average Bonchev–Trinajstić information content (AvgIpc) is 2.91. The summed E-state index contributed by atoms with van der Waals surface area (Å²) in [5.74, 6) is 0.363. The Labute approximate surface area is 124 Å². The van der Waals surface area contributed by atoms with Gasteiger partial charge < -0.3 is 4.90 Å². The molecule has 0 aromatic carbocycles.